The molecular formula is C23H22N6O2S. The zero-order valence-electron chi connectivity index (χ0n) is 17.7. The molecule has 0 spiro atoms. The first kappa shape index (κ1) is 20.3. The van der Waals surface area contributed by atoms with Crippen molar-refractivity contribution in [3.63, 3.8) is 0 Å². The Bertz CT molecular complexity index is 1380. The minimum absolute atomic E-state index is 0.0919. The molecule has 0 saturated carbocycles. The van der Waals surface area contributed by atoms with E-state index in [2.05, 4.69) is 44.3 Å². The number of benzene rings is 2. The van der Waals surface area contributed by atoms with Crippen molar-refractivity contribution in [2.24, 2.45) is 0 Å². The number of rotatable bonds is 7. The zero-order chi connectivity index (χ0) is 22.1. The van der Waals surface area contributed by atoms with Crippen molar-refractivity contribution in [3.05, 3.63) is 59.5 Å². The molecule has 5 aromatic rings. The molecule has 8 nitrogen and oxygen atoms in total. The number of H-pyrrole nitrogens is 2. The van der Waals surface area contributed by atoms with Gasteiger partial charge in [0.15, 0.2) is 0 Å². The van der Waals surface area contributed by atoms with Crippen molar-refractivity contribution in [2.45, 2.75) is 25.5 Å². The van der Waals surface area contributed by atoms with Crippen LogP contribution in [0.25, 0.3) is 33.4 Å². The molecule has 3 N–H and O–H groups in total. The number of carbonyl (C=O) groups excluding carboxylic acids is 1. The number of hydrogen-bond acceptors (Lipinski definition) is 6. The van der Waals surface area contributed by atoms with Gasteiger partial charge in [-0.3, -0.25) is 4.79 Å². The molecule has 0 bridgehead atoms. The number of carbonyl (C=O) groups is 1. The number of aromatic amines is 2. The Balaban J connectivity index is 1.14. The number of nitrogens with one attached hydrogen (secondary N) is 3. The van der Waals surface area contributed by atoms with E-state index in [9.17, 15) is 4.79 Å². The summed E-state index contributed by atoms with van der Waals surface area (Å²) in [4.78, 5) is 23.3. The van der Waals surface area contributed by atoms with Crippen LogP contribution in [0, 0.1) is 13.8 Å². The first-order valence-electron chi connectivity index (χ1n) is 10.3. The van der Waals surface area contributed by atoms with Gasteiger partial charge in [-0.1, -0.05) is 23.9 Å². The molecule has 1 amide bonds. The molecule has 0 unspecified atom stereocenters. The number of imidazole rings is 1. The highest BCUT2D eigenvalue weighted by Gasteiger charge is 2.13. The first-order chi connectivity index (χ1) is 15.6. The minimum Gasteiger partial charge on any atom is -0.411 e. The molecule has 9 heteroatoms. The Morgan fingerprint density at radius 3 is 2.84 bits per heavy atom. The van der Waals surface area contributed by atoms with Crippen molar-refractivity contribution >= 4 is 39.6 Å². The number of nitrogens with zero attached hydrogens (tertiary/aromatic N) is 3. The van der Waals surface area contributed by atoms with Gasteiger partial charge in [-0.05, 0) is 49.7 Å². The molecule has 0 aliphatic heterocycles. The molecular weight excluding hydrogens is 424 g/mol. The molecule has 162 valence electrons. The van der Waals surface area contributed by atoms with Gasteiger partial charge in [-0.15, -0.1) is 10.2 Å². The van der Waals surface area contributed by atoms with Crippen LogP contribution in [0.3, 0.4) is 0 Å². The van der Waals surface area contributed by atoms with Crippen molar-refractivity contribution in [2.75, 3.05) is 12.3 Å². The normalized spacial score (nSPS) is 11.4. The van der Waals surface area contributed by atoms with Crippen LogP contribution in [0.4, 0.5) is 0 Å². The predicted molar refractivity (Wildman–Crippen MR) is 125 cm³/mol. The maximum atomic E-state index is 12.2. The van der Waals surface area contributed by atoms with Crippen molar-refractivity contribution in [1.29, 1.82) is 0 Å². The van der Waals surface area contributed by atoms with Crippen LogP contribution in [0.15, 0.2) is 52.1 Å². The van der Waals surface area contributed by atoms with E-state index in [0.717, 1.165) is 39.0 Å². The summed E-state index contributed by atoms with van der Waals surface area (Å²) in [7, 11) is 0. The van der Waals surface area contributed by atoms with Gasteiger partial charge in [0.1, 0.15) is 5.82 Å². The van der Waals surface area contributed by atoms with Crippen LogP contribution in [-0.2, 0) is 11.2 Å². The molecule has 2 aromatic carbocycles. The molecule has 0 saturated heterocycles. The average molecular weight is 447 g/mol. The number of para-hydroxylation sites is 2. The molecule has 3 aromatic heterocycles. The van der Waals surface area contributed by atoms with Crippen LogP contribution >= 0.6 is 11.8 Å². The van der Waals surface area contributed by atoms with Crippen LogP contribution in [-0.4, -0.2) is 43.4 Å². The van der Waals surface area contributed by atoms with Crippen LogP contribution in [0.2, 0.25) is 0 Å². The van der Waals surface area contributed by atoms with Gasteiger partial charge in [0.05, 0.1) is 16.8 Å². The number of amides is 1. The van der Waals surface area contributed by atoms with Crippen molar-refractivity contribution < 1.29 is 9.21 Å². The zero-order valence-corrected chi connectivity index (χ0v) is 18.5. The second kappa shape index (κ2) is 8.51. The number of aromatic nitrogens is 5. The lowest BCUT2D eigenvalue weighted by atomic mass is 10.1. The van der Waals surface area contributed by atoms with Crippen LogP contribution < -0.4 is 5.32 Å². The average Bonchev–Trinajstić information content (AvgIpc) is 3.50. The monoisotopic (exact) mass is 446 g/mol. The molecule has 0 aliphatic carbocycles. The fourth-order valence-corrected chi connectivity index (χ4v) is 4.19. The summed E-state index contributed by atoms with van der Waals surface area (Å²) >= 11 is 1.22. The summed E-state index contributed by atoms with van der Waals surface area (Å²) < 4.78 is 5.76. The lowest BCUT2D eigenvalue weighted by Crippen LogP contribution is -2.27. The van der Waals surface area contributed by atoms with Gasteiger partial charge in [0.25, 0.3) is 5.22 Å². The molecule has 3 heterocycles. The number of hydrogen-bond donors (Lipinski definition) is 3. The fourth-order valence-electron chi connectivity index (χ4n) is 3.60. The lowest BCUT2D eigenvalue weighted by Gasteiger charge is -2.02. The number of aryl methyl sites for hydroxylation is 2. The smallest absolute Gasteiger partial charge is 0.277 e. The Morgan fingerprint density at radius 2 is 1.97 bits per heavy atom. The van der Waals surface area contributed by atoms with E-state index in [1.165, 1.54) is 17.3 Å². The second-order valence-electron chi connectivity index (χ2n) is 7.60. The first-order valence-corrected chi connectivity index (χ1v) is 11.3. The van der Waals surface area contributed by atoms with Gasteiger partial charge < -0.3 is 19.7 Å². The summed E-state index contributed by atoms with van der Waals surface area (Å²) in [5.41, 5.74) is 6.21. The highest BCUT2D eigenvalue weighted by atomic mass is 32.2. The number of thioether (sulfide) groups is 1. The summed E-state index contributed by atoms with van der Waals surface area (Å²) in [6, 6.07) is 13.9. The van der Waals surface area contributed by atoms with Crippen LogP contribution in [0.1, 0.15) is 17.1 Å². The second-order valence-corrected chi connectivity index (χ2v) is 8.52. The van der Waals surface area contributed by atoms with E-state index in [-0.39, 0.29) is 11.7 Å². The molecule has 0 aliphatic rings. The van der Waals surface area contributed by atoms with Gasteiger partial charge in [0, 0.05) is 35.1 Å². The topological polar surface area (TPSA) is 112 Å². The Morgan fingerprint density at radius 1 is 1.09 bits per heavy atom. The predicted octanol–water partition coefficient (Wildman–Crippen LogP) is 4.16. The quantitative estimate of drug-likeness (QED) is 0.324. The van der Waals surface area contributed by atoms with Crippen LogP contribution in [0.5, 0.6) is 0 Å². The van der Waals surface area contributed by atoms with E-state index < -0.39 is 0 Å². The van der Waals surface area contributed by atoms with E-state index in [1.807, 2.05) is 42.5 Å². The van der Waals surface area contributed by atoms with Gasteiger partial charge in [-0.25, -0.2) is 4.98 Å². The lowest BCUT2D eigenvalue weighted by molar-refractivity contribution is -0.118. The molecule has 0 fully saturated rings. The molecule has 0 atom stereocenters. The standard InChI is InChI=1S/C23H22N6O2S/c1-13-14(2)25-17-8-7-15(11-16(13)17)22-28-29-23(31-22)32-12-21(30)24-10-9-20-26-18-5-3-4-6-19(18)27-20/h3-8,11,25H,9-10,12H2,1-2H3,(H,24,30)(H,26,27). The van der Waals surface area contributed by atoms with Gasteiger partial charge in [-0.2, -0.15) is 0 Å². The number of fused-ring (bicyclic) bond motifs is 2. The Labute approximate surface area is 188 Å². The summed E-state index contributed by atoms with van der Waals surface area (Å²) in [5.74, 6) is 1.41. The van der Waals surface area contributed by atoms with Gasteiger partial charge in [0.2, 0.25) is 11.8 Å². The van der Waals surface area contributed by atoms with E-state index in [1.54, 1.807) is 0 Å². The SMILES string of the molecule is Cc1[nH]c2ccc(-c3nnc(SCC(=O)NCCc4nc5ccccc5[nH]4)o3)cc2c1C. The Kier molecular flexibility index (Phi) is 5.40. The maximum Gasteiger partial charge on any atom is 0.277 e. The highest BCUT2D eigenvalue weighted by Crippen LogP contribution is 2.28. The highest BCUT2D eigenvalue weighted by molar-refractivity contribution is 7.99. The third-order valence-electron chi connectivity index (χ3n) is 5.41. The maximum absolute atomic E-state index is 12.2. The third-order valence-corrected chi connectivity index (χ3v) is 6.23. The van der Waals surface area contributed by atoms with Crippen molar-refractivity contribution in [3.8, 4) is 11.5 Å². The summed E-state index contributed by atoms with van der Waals surface area (Å²) in [6.45, 7) is 4.64. The molecule has 32 heavy (non-hydrogen) atoms. The summed E-state index contributed by atoms with van der Waals surface area (Å²) in [5, 5.41) is 12.6. The van der Waals surface area contributed by atoms with Crippen molar-refractivity contribution in [1.82, 2.24) is 30.5 Å². The fraction of sp³-hybridized carbons (Fsp3) is 0.217. The Hall–Kier alpha value is -3.59. The van der Waals surface area contributed by atoms with Gasteiger partial charge >= 0.3 is 0 Å². The van der Waals surface area contributed by atoms with E-state index >= 15 is 0 Å². The van der Waals surface area contributed by atoms with E-state index in [4.69, 9.17) is 4.42 Å². The largest absolute Gasteiger partial charge is 0.411 e. The summed E-state index contributed by atoms with van der Waals surface area (Å²) in [6.07, 6.45) is 0.635. The van der Waals surface area contributed by atoms with E-state index in [0.29, 0.717) is 24.1 Å². The molecule has 5 rings (SSSR count). The molecule has 0 radical (unpaired) electrons. The minimum atomic E-state index is -0.0919. The third kappa shape index (κ3) is 4.11.